The van der Waals surface area contributed by atoms with Crippen LogP contribution in [0.2, 0.25) is 0 Å². The Morgan fingerprint density at radius 1 is 1.27 bits per heavy atom. The highest BCUT2D eigenvalue weighted by atomic mass is 32.1. The van der Waals surface area contributed by atoms with E-state index in [1.165, 1.54) is 18.4 Å². The summed E-state index contributed by atoms with van der Waals surface area (Å²) in [7, 11) is 4.72. The Balaban J connectivity index is 1.48. The third kappa shape index (κ3) is 4.71. The summed E-state index contributed by atoms with van der Waals surface area (Å²) >= 11 is 1.36. The number of amides is 2. The van der Waals surface area contributed by atoms with Crippen molar-refractivity contribution in [2.75, 3.05) is 44.7 Å². The van der Waals surface area contributed by atoms with E-state index in [9.17, 15) is 9.59 Å². The number of hydrogen-bond acceptors (Lipinski definition) is 7. The molecule has 0 radical (unpaired) electrons. The third-order valence-electron chi connectivity index (χ3n) is 5.92. The minimum Gasteiger partial charge on any atom is -0.501 e. The number of anilines is 2. The van der Waals surface area contributed by atoms with Gasteiger partial charge in [-0.05, 0) is 36.3 Å². The summed E-state index contributed by atoms with van der Waals surface area (Å²) in [4.78, 5) is 31.4. The van der Waals surface area contributed by atoms with Gasteiger partial charge in [0.2, 0.25) is 0 Å². The zero-order valence-corrected chi connectivity index (χ0v) is 19.9. The summed E-state index contributed by atoms with van der Waals surface area (Å²) in [5, 5.41) is 5.29. The van der Waals surface area contributed by atoms with Gasteiger partial charge in [0.1, 0.15) is 12.4 Å². The van der Waals surface area contributed by atoms with E-state index in [1.54, 1.807) is 31.3 Å². The molecule has 1 aliphatic carbocycles. The van der Waals surface area contributed by atoms with Gasteiger partial charge in [-0.25, -0.2) is 4.98 Å². The number of benzene rings is 1. The van der Waals surface area contributed by atoms with Crippen molar-refractivity contribution in [1.29, 1.82) is 0 Å². The number of nitrogens with zero attached hydrogens (tertiary/aromatic N) is 2. The number of fused-ring (bicyclic) bond motifs is 1. The average molecular weight is 470 g/mol. The minimum absolute atomic E-state index is 0.0311. The summed E-state index contributed by atoms with van der Waals surface area (Å²) in [6.07, 6.45) is 4.09. The second-order valence-electron chi connectivity index (χ2n) is 7.93. The van der Waals surface area contributed by atoms with Gasteiger partial charge in [-0.1, -0.05) is 13.0 Å². The summed E-state index contributed by atoms with van der Waals surface area (Å²) in [5.41, 5.74) is 4.20. The van der Waals surface area contributed by atoms with E-state index in [0.717, 1.165) is 28.9 Å². The molecule has 2 amide bonds. The van der Waals surface area contributed by atoms with Crippen molar-refractivity contribution in [2.24, 2.45) is 5.92 Å². The van der Waals surface area contributed by atoms with Crippen molar-refractivity contribution >= 4 is 34.0 Å². The summed E-state index contributed by atoms with van der Waals surface area (Å²) in [6, 6.07) is 5.94. The Bertz CT molecular complexity index is 1120. The van der Waals surface area contributed by atoms with Crippen LogP contribution in [-0.4, -0.2) is 57.4 Å². The first-order valence-electron chi connectivity index (χ1n) is 10.6. The highest BCUT2D eigenvalue weighted by Crippen LogP contribution is 2.34. The molecule has 0 bridgehead atoms. The molecule has 33 heavy (non-hydrogen) atoms. The van der Waals surface area contributed by atoms with Gasteiger partial charge in [0, 0.05) is 48.9 Å². The second-order valence-corrected chi connectivity index (χ2v) is 8.78. The molecule has 1 aromatic heterocycles. The Kier molecular flexibility index (Phi) is 6.92. The first-order chi connectivity index (χ1) is 15.9. The number of thiazole rings is 1. The van der Waals surface area contributed by atoms with Gasteiger partial charge >= 0.3 is 0 Å². The fraction of sp³-hybridized carbons (Fsp3) is 0.375. The molecule has 0 spiro atoms. The number of ether oxygens (including phenoxy) is 3. The molecule has 174 valence electrons. The van der Waals surface area contributed by atoms with Gasteiger partial charge < -0.3 is 19.1 Å². The lowest BCUT2D eigenvalue weighted by Gasteiger charge is -2.26. The van der Waals surface area contributed by atoms with Crippen LogP contribution < -0.4 is 10.2 Å². The fourth-order valence-corrected chi connectivity index (χ4v) is 4.84. The third-order valence-corrected chi connectivity index (χ3v) is 6.68. The zero-order valence-electron chi connectivity index (χ0n) is 19.1. The van der Waals surface area contributed by atoms with E-state index in [4.69, 9.17) is 14.2 Å². The highest BCUT2D eigenvalue weighted by Gasteiger charge is 2.28. The topological polar surface area (TPSA) is 90.0 Å². The van der Waals surface area contributed by atoms with Crippen molar-refractivity contribution in [1.82, 2.24) is 4.98 Å². The lowest BCUT2D eigenvalue weighted by Crippen LogP contribution is -2.31. The molecule has 2 aliphatic rings. The summed E-state index contributed by atoms with van der Waals surface area (Å²) in [5.74, 6) is 0.421. The highest BCUT2D eigenvalue weighted by molar-refractivity contribution is 7.14. The monoisotopic (exact) mass is 469 g/mol. The van der Waals surface area contributed by atoms with Crippen molar-refractivity contribution < 1.29 is 23.8 Å². The fourth-order valence-electron chi connectivity index (χ4n) is 4.13. The molecule has 2 atom stereocenters. The van der Waals surface area contributed by atoms with Crippen LogP contribution in [0, 0.1) is 5.92 Å². The maximum absolute atomic E-state index is 12.8. The number of carbonyl (C=O) groups is 2. The molecule has 0 saturated carbocycles. The van der Waals surface area contributed by atoms with E-state index in [-0.39, 0.29) is 30.4 Å². The molecule has 4 rings (SSSR count). The summed E-state index contributed by atoms with van der Waals surface area (Å²) < 4.78 is 15.9. The molecule has 2 unspecified atom stereocenters. The largest absolute Gasteiger partial charge is 0.501 e. The Hall–Kier alpha value is -3.01. The smallest absolute Gasteiger partial charge is 0.257 e. The predicted molar refractivity (Wildman–Crippen MR) is 127 cm³/mol. The quantitative estimate of drug-likeness (QED) is 0.669. The molecule has 1 aliphatic heterocycles. The molecular weight excluding hydrogens is 442 g/mol. The maximum Gasteiger partial charge on any atom is 0.257 e. The summed E-state index contributed by atoms with van der Waals surface area (Å²) in [6.45, 7) is 2.70. The van der Waals surface area contributed by atoms with E-state index in [2.05, 4.69) is 16.4 Å². The number of aromatic nitrogens is 1. The van der Waals surface area contributed by atoms with Gasteiger partial charge in [0.05, 0.1) is 18.9 Å². The first-order valence-corrected chi connectivity index (χ1v) is 11.5. The van der Waals surface area contributed by atoms with Gasteiger partial charge in [0.25, 0.3) is 11.8 Å². The van der Waals surface area contributed by atoms with Crippen LogP contribution in [0.15, 0.2) is 47.1 Å². The number of carbonyl (C=O) groups excluding carboxylic acids is 2. The van der Waals surface area contributed by atoms with Crippen LogP contribution in [0.3, 0.4) is 0 Å². The number of rotatable bonds is 7. The minimum atomic E-state index is -0.263. The van der Waals surface area contributed by atoms with Crippen LogP contribution in [0.4, 0.5) is 10.8 Å². The molecule has 0 saturated heterocycles. The lowest BCUT2D eigenvalue weighted by atomic mass is 9.93. The van der Waals surface area contributed by atoms with Crippen molar-refractivity contribution in [3.05, 3.63) is 52.6 Å². The maximum atomic E-state index is 12.8. The molecule has 0 fully saturated rings. The van der Waals surface area contributed by atoms with E-state index >= 15 is 0 Å². The van der Waals surface area contributed by atoms with Crippen LogP contribution >= 0.6 is 11.3 Å². The molecule has 1 aromatic carbocycles. The molecular formula is C24H27N3O5S. The van der Waals surface area contributed by atoms with Crippen LogP contribution in [0.25, 0.3) is 11.3 Å². The Morgan fingerprint density at radius 3 is 2.82 bits per heavy atom. The molecule has 9 heteroatoms. The Labute approximate surface area is 196 Å². The average Bonchev–Trinajstić information content (AvgIpc) is 3.46. The second kappa shape index (κ2) is 9.86. The number of nitrogens with one attached hydrogen (secondary N) is 1. The van der Waals surface area contributed by atoms with Gasteiger partial charge in [-0.3, -0.25) is 14.9 Å². The SMILES string of the molecule is COCC(=O)N1CCc2cc(-c3csc(NC(=O)C4=CC(OC)C(C)C(OC)=C4)n3)ccc21. The standard InChI is InChI=1S/C24H27N3O5S/c1-14-20(31-3)10-17(11-21(14)32-4)23(29)26-24-25-18(13-33-24)15-5-6-19-16(9-15)7-8-27(19)22(28)12-30-2/h5-6,9-11,13-14,20H,7-8,12H2,1-4H3,(H,25,26,29). The molecule has 2 aromatic rings. The van der Waals surface area contributed by atoms with Crippen LogP contribution in [0.1, 0.15) is 12.5 Å². The van der Waals surface area contributed by atoms with Crippen molar-refractivity contribution in [2.45, 2.75) is 19.4 Å². The normalized spacial score (nSPS) is 19.6. The zero-order chi connectivity index (χ0) is 23.5. The molecule has 1 N–H and O–H groups in total. The predicted octanol–water partition coefficient (Wildman–Crippen LogP) is 3.41. The first kappa shape index (κ1) is 23.2. The van der Waals surface area contributed by atoms with Crippen molar-refractivity contribution in [3.8, 4) is 11.3 Å². The van der Waals surface area contributed by atoms with Crippen LogP contribution in [0.5, 0.6) is 0 Å². The van der Waals surface area contributed by atoms with E-state index in [0.29, 0.717) is 23.0 Å². The molecule has 2 heterocycles. The number of hydrogen-bond donors (Lipinski definition) is 1. The Morgan fingerprint density at radius 2 is 2.09 bits per heavy atom. The van der Waals surface area contributed by atoms with Crippen LogP contribution in [-0.2, 0) is 30.2 Å². The number of methoxy groups -OCH3 is 3. The van der Waals surface area contributed by atoms with Gasteiger partial charge in [-0.15, -0.1) is 11.3 Å². The van der Waals surface area contributed by atoms with Gasteiger partial charge in [0.15, 0.2) is 5.13 Å². The lowest BCUT2D eigenvalue weighted by molar-refractivity contribution is -0.122. The van der Waals surface area contributed by atoms with E-state index < -0.39 is 0 Å². The molecule has 8 nitrogen and oxygen atoms in total. The van der Waals surface area contributed by atoms with Crippen molar-refractivity contribution in [3.63, 3.8) is 0 Å². The van der Waals surface area contributed by atoms with E-state index in [1.807, 2.05) is 24.4 Å². The van der Waals surface area contributed by atoms with Gasteiger partial charge in [-0.2, -0.15) is 0 Å².